The molecule has 1 unspecified atom stereocenters. The minimum Gasteiger partial charge on any atom is -0.496 e. The highest BCUT2D eigenvalue weighted by Gasteiger charge is 2.07. The first-order chi connectivity index (χ1) is 7.86. The minimum atomic E-state index is 0.904. The predicted octanol–water partition coefficient (Wildman–Crippen LogP) is 2.48. The van der Waals surface area contributed by atoms with Crippen molar-refractivity contribution >= 4 is 21.6 Å². The molecule has 1 radical (unpaired) electrons. The summed E-state index contributed by atoms with van der Waals surface area (Å²) in [6.07, 6.45) is 0. The third-order valence-corrected chi connectivity index (χ3v) is 2.90. The topological polar surface area (TPSA) is 9.23 Å². The number of rotatable bonds is 3. The van der Waals surface area contributed by atoms with E-state index in [4.69, 9.17) is 4.74 Å². The molecule has 0 aliphatic heterocycles. The summed E-state index contributed by atoms with van der Waals surface area (Å²) >= 11 is 0. The van der Waals surface area contributed by atoms with Crippen molar-refractivity contribution in [3.05, 3.63) is 48.5 Å². The molecule has 0 aromatic heterocycles. The molecule has 0 spiro atoms. The Balaban J connectivity index is 2.58. The first kappa shape index (κ1) is 11.2. The van der Waals surface area contributed by atoms with E-state index in [0.717, 1.165) is 11.3 Å². The van der Waals surface area contributed by atoms with E-state index in [1.165, 1.54) is 11.0 Å². The van der Waals surface area contributed by atoms with Crippen LogP contribution >= 0.6 is 9.12 Å². The molecule has 16 heavy (non-hydrogen) atoms. The maximum absolute atomic E-state index is 5.38. The van der Waals surface area contributed by atoms with Crippen molar-refractivity contribution in [2.24, 2.45) is 0 Å². The highest BCUT2D eigenvalue weighted by molar-refractivity contribution is 7.58. The average molecular weight is 227 g/mol. The van der Waals surface area contributed by atoms with Gasteiger partial charge in [-0.1, -0.05) is 47.9 Å². The molecule has 0 N–H and O–H groups in total. The van der Waals surface area contributed by atoms with Gasteiger partial charge in [0.15, 0.2) is 7.00 Å². The summed E-state index contributed by atoms with van der Waals surface area (Å²) in [5.74, 6) is 0.904. The Labute approximate surface area is 99.2 Å². The number of para-hydroxylation sites is 1. The number of hydrogen-bond donors (Lipinski definition) is 0. The van der Waals surface area contributed by atoms with Crippen LogP contribution in [0.1, 0.15) is 0 Å². The molecule has 2 aromatic rings. The largest absolute Gasteiger partial charge is 0.496 e. The first-order valence-electron chi connectivity index (χ1n) is 5.14. The standard InChI is InChI=1S/C13H13BOP/c1-15-13-9-5-3-7-11(13)10-6-2-4-8-12(10)14-16/h2-9H,16H2,1H3. The van der Waals surface area contributed by atoms with Gasteiger partial charge in [0.05, 0.1) is 7.11 Å². The van der Waals surface area contributed by atoms with Crippen LogP contribution in [0, 0.1) is 0 Å². The summed E-state index contributed by atoms with van der Waals surface area (Å²) < 4.78 is 5.38. The zero-order valence-electron chi connectivity index (χ0n) is 9.18. The van der Waals surface area contributed by atoms with Gasteiger partial charge in [-0.15, -0.1) is 0 Å². The maximum atomic E-state index is 5.38. The van der Waals surface area contributed by atoms with Crippen molar-refractivity contribution < 1.29 is 4.74 Å². The molecule has 0 bridgehead atoms. The third-order valence-electron chi connectivity index (χ3n) is 2.54. The lowest BCUT2D eigenvalue weighted by molar-refractivity contribution is 0.416. The first-order valence-corrected chi connectivity index (χ1v) is 5.81. The molecule has 0 heterocycles. The van der Waals surface area contributed by atoms with E-state index >= 15 is 0 Å². The van der Waals surface area contributed by atoms with Gasteiger partial charge < -0.3 is 4.74 Å². The third kappa shape index (κ3) is 2.12. The SMILES string of the molecule is COc1ccccc1-c1ccccc1[B]P. The van der Waals surface area contributed by atoms with Crippen LogP contribution in [-0.4, -0.2) is 14.1 Å². The Hall–Kier alpha value is -1.27. The lowest BCUT2D eigenvalue weighted by Gasteiger charge is -2.11. The monoisotopic (exact) mass is 227 g/mol. The van der Waals surface area contributed by atoms with Gasteiger partial charge in [0, 0.05) is 5.56 Å². The van der Waals surface area contributed by atoms with Crippen molar-refractivity contribution in [2.75, 3.05) is 7.11 Å². The van der Waals surface area contributed by atoms with Crippen molar-refractivity contribution in [3.63, 3.8) is 0 Å². The predicted molar refractivity (Wildman–Crippen MR) is 73.5 cm³/mol. The molecule has 0 fully saturated rings. The fourth-order valence-electron chi connectivity index (χ4n) is 1.75. The molecule has 2 aromatic carbocycles. The van der Waals surface area contributed by atoms with E-state index in [1.807, 2.05) is 37.3 Å². The Bertz CT molecular complexity index is 439. The van der Waals surface area contributed by atoms with Crippen LogP contribution < -0.4 is 10.2 Å². The van der Waals surface area contributed by atoms with Gasteiger partial charge in [0.2, 0.25) is 0 Å². The van der Waals surface area contributed by atoms with Crippen molar-refractivity contribution in [1.82, 2.24) is 0 Å². The van der Waals surface area contributed by atoms with E-state index < -0.39 is 0 Å². The Morgan fingerprint density at radius 3 is 2.25 bits per heavy atom. The quantitative estimate of drug-likeness (QED) is 0.578. The fourth-order valence-corrected chi connectivity index (χ4v) is 2.05. The van der Waals surface area contributed by atoms with E-state index in [2.05, 4.69) is 27.3 Å². The van der Waals surface area contributed by atoms with Crippen LogP contribution in [0.3, 0.4) is 0 Å². The second-order valence-electron chi connectivity index (χ2n) is 3.45. The minimum absolute atomic E-state index is 0.904. The molecule has 0 amide bonds. The summed E-state index contributed by atoms with van der Waals surface area (Å²) in [7, 11) is 4.34. The molecule has 0 aliphatic rings. The zero-order chi connectivity index (χ0) is 11.4. The summed E-state index contributed by atoms with van der Waals surface area (Å²) in [5, 5.41) is 0. The molecule has 3 heteroatoms. The lowest BCUT2D eigenvalue weighted by atomic mass is 9.85. The number of benzene rings is 2. The molecule has 1 atom stereocenters. The molecule has 2 rings (SSSR count). The molecule has 1 nitrogen and oxygen atoms in total. The van der Waals surface area contributed by atoms with Crippen molar-refractivity contribution in [3.8, 4) is 16.9 Å². The van der Waals surface area contributed by atoms with Gasteiger partial charge in [0.1, 0.15) is 5.75 Å². The average Bonchev–Trinajstić information content (AvgIpc) is 2.38. The van der Waals surface area contributed by atoms with Crippen LogP contribution in [0.2, 0.25) is 0 Å². The van der Waals surface area contributed by atoms with Gasteiger partial charge in [0.25, 0.3) is 0 Å². The Morgan fingerprint density at radius 1 is 0.938 bits per heavy atom. The fraction of sp³-hybridized carbons (Fsp3) is 0.0769. The van der Waals surface area contributed by atoms with Gasteiger partial charge in [-0.2, -0.15) is 9.12 Å². The van der Waals surface area contributed by atoms with Gasteiger partial charge in [-0.05, 0) is 11.6 Å². The van der Waals surface area contributed by atoms with Crippen molar-refractivity contribution in [2.45, 2.75) is 0 Å². The smallest absolute Gasteiger partial charge is 0.179 e. The van der Waals surface area contributed by atoms with E-state index in [9.17, 15) is 0 Å². The Morgan fingerprint density at radius 2 is 1.56 bits per heavy atom. The summed E-state index contributed by atoms with van der Waals surface area (Å²) in [5.41, 5.74) is 3.51. The second-order valence-corrected chi connectivity index (χ2v) is 3.79. The highest BCUT2D eigenvalue weighted by atomic mass is 31.0. The van der Waals surface area contributed by atoms with E-state index in [-0.39, 0.29) is 0 Å². The molecule has 0 saturated carbocycles. The summed E-state index contributed by atoms with van der Waals surface area (Å²) in [4.78, 5) is 0. The van der Waals surface area contributed by atoms with Crippen LogP contribution in [0.15, 0.2) is 48.5 Å². The van der Waals surface area contributed by atoms with Crippen molar-refractivity contribution in [1.29, 1.82) is 0 Å². The number of methoxy groups -OCH3 is 1. The molecule has 79 valence electrons. The Kier molecular flexibility index (Phi) is 3.64. The van der Waals surface area contributed by atoms with Crippen LogP contribution in [0.5, 0.6) is 5.75 Å². The highest BCUT2D eigenvalue weighted by Crippen LogP contribution is 2.28. The zero-order valence-corrected chi connectivity index (χ0v) is 10.3. The molecule has 0 aliphatic carbocycles. The van der Waals surface area contributed by atoms with Crippen LogP contribution in [0.4, 0.5) is 0 Å². The van der Waals surface area contributed by atoms with Gasteiger partial charge in [-0.25, -0.2) is 0 Å². The van der Waals surface area contributed by atoms with Gasteiger partial charge in [-0.3, -0.25) is 0 Å². The summed E-state index contributed by atoms with van der Waals surface area (Å²) in [6, 6.07) is 16.3. The normalized spacial score (nSPS) is 9.88. The maximum Gasteiger partial charge on any atom is 0.179 e. The van der Waals surface area contributed by atoms with Crippen LogP contribution in [0.25, 0.3) is 11.1 Å². The van der Waals surface area contributed by atoms with Crippen LogP contribution in [-0.2, 0) is 0 Å². The van der Waals surface area contributed by atoms with E-state index in [0.29, 0.717) is 0 Å². The number of hydrogen-bond acceptors (Lipinski definition) is 1. The lowest BCUT2D eigenvalue weighted by Crippen LogP contribution is -2.11. The van der Waals surface area contributed by atoms with E-state index in [1.54, 1.807) is 7.11 Å². The molecule has 0 saturated heterocycles. The molecular weight excluding hydrogens is 214 g/mol. The summed E-state index contributed by atoms with van der Waals surface area (Å²) in [6.45, 7) is 2.03. The second kappa shape index (κ2) is 5.18. The van der Waals surface area contributed by atoms with Gasteiger partial charge >= 0.3 is 0 Å². The molecular formula is C13H13BOP. The number of ether oxygens (including phenoxy) is 1.